The van der Waals surface area contributed by atoms with Crippen molar-refractivity contribution in [3.8, 4) is 5.75 Å². The summed E-state index contributed by atoms with van der Waals surface area (Å²) in [7, 11) is 0. The van der Waals surface area contributed by atoms with Gasteiger partial charge >= 0.3 is 0 Å². The van der Waals surface area contributed by atoms with E-state index in [1.807, 2.05) is 18.2 Å². The van der Waals surface area contributed by atoms with E-state index in [-0.39, 0.29) is 0 Å². The molecule has 2 rings (SSSR count). The summed E-state index contributed by atoms with van der Waals surface area (Å²) in [5.74, 6) is 1.35. The van der Waals surface area contributed by atoms with Gasteiger partial charge in [-0.15, -0.1) is 11.6 Å². The third kappa shape index (κ3) is 2.54. The molecular weight excluding hydrogens is 247 g/mol. The molecule has 0 N–H and O–H groups in total. The van der Waals surface area contributed by atoms with Crippen LogP contribution in [0.2, 0.25) is 5.15 Å². The molecule has 0 atom stereocenters. The lowest BCUT2D eigenvalue weighted by atomic mass is 10.2. The summed E-state index contributed by atoms with van der Waals surface area (Å²) >= 11 is 11.5. The molecule has 0 saturated heterocycles. The van der Waals surface area contributed by atoms with Crippen molar-refractivity contribution in [2.45, 2.75) is 6.42 Å². The van der Waals surface area contributed by atoms with Crippen molar-refractivity contribution in [2.75, 3.05) is 12.5 Å². The third-order valence-electron chi connectivity index (χ3n) is 2.10. The zero-order chi connectivity index (χ0) is 11.4. The third-order valence-corrected chi connectivity index (χ3v) is 2.67. The molecule has 0 spiro atoms. The van der Waals surface area contributed by atoms with E-state index in [0.29, 0.717) is 17.6 Å². The van der Waals surface area contributed by atoms with Gasteiger partial charge in [-0.25, -0.2) is 9.97 Å². The second-order valence-corrected chi connectivity index (χ2v) is 3.97. The van der Waals surface area contributed by atoms with Crippen molar-refractivity contribution in [3.63, 3.8) is 0 Å². The van der Waals surface area contributed by atoms with Gasteiger partial charge in [0.05, 0.1) is 12.1 Å². The molecule has 3 nitrogen and oxygen atoms in total. The van der Waals surface area contributed by atoms with Gasteiger partial charge in [0.2, 0.25) is 0 Å². The lowest BCUT2D eigenvalue weighted by molar-refractivity contribution is 0.319. The molecule has 1 heterocycles. The van der Waals surface area contributed by atoms with Crippen molar-refractivity contribution < 1.29 is 4.74 Å². The van der Waals surface area contributed by atoms with Gasteiger partial charge in [-0.1, -0.05) is 11.6 Å². The van der Waals surface area contributed by atoms with Crippen LogP contribution in [0.4, 0.5) is 0 Å². The van der Waals surface area contributed by atoms with Crippen molar-refractivity contribution in [1.29, 1.82) is 0 Å². The number of halogens is 2. The van der Waals surface area contributed by atoms with Crippen LogP contribution in [0.1, 0.15) is 6.42 Å². The van der Waals surface area contributed by atoms with Crippen LogP contribution in [0.5, 0.6) is 5.75 Å². The standard InChI is InChI=1S/C11H10Cl2N2O/c12-4-1-5-16-8-2-3-10-9(6-8)11(13)15-7-14-10/h2-3,6-7H,1,4-5H2. The van der Waals surface area contributed by atoms with Crippen molar-refractivity contribution in [1.82, 2.24) is 9.97 Å². The Balaban J connectivity index is 2.25. The first-order chi connectivity index (χ1) is 7.81. The second kappa shape index (κ2) is 5.32. The monoisotopic (exact) mass is 256 g/mol. The Labute approximate surface area is 103 Å². The summed E-state index contributed by atoms with van der Waals surface area (Å²) in [6, 6.07) is 5.56. The van der Waals surface area contributed by atoms with Gasteiger partial charge in [0.15, 0.2) is 0 Å². The van der Waals surface area contributed by atoms with Crippen molar-refractivity contribution in [2.24, 2.45) is 0 Å². The van der Waals surface area contributed by atoms with Crippen LogP contribution in [0, 0.1) is 0 Å². The van der Waals surface area contributed by atoms with Gasteiger partial charge in [-0.2, -0.15) is 0 Å². The predicted molar refractivity (Wildman–Crippen MR) is 65.4 cm³/mol. The summed E-state index contributed by atoms with van der Waals surface area (Å²) in [4.78, 5) is 8.03. The molecular formula is C11H10Cl2N2O. The molecule has 0 radical (unpaired) electrons. The summed E-state index contributed by atoms with van der Waals surface area (Å²) in [5.41, 5.74) is 0.810. The van der Waals surface area contributed by atoms with Crippen LogP contribution in [-0.4, -0.2) is 22.5 Å². The molecule has 0 amide bonds. The largest absolute Gasteiger partial charge is 0.494 e. The van der Waals surface area contributed by atoms with E-state index in [1.54, 1.807) is 0 Å². The number of benzene rings is 1. The van der Waals surface area contributed by atoms with Gasteiger partial charge in [0, 0.05) is 11.3 Å². The number of rotatable bonds is 4. The summed E-state index contributed by atoms with van der Waals surface area (Å²) < 4.78 is 5.51. The maximum atomic E-state index is 5.96. The van der Waals surface area contributed by atoms with E-state index in [9.17, 15) is 0 Å². The number of aromatic nitrogens is 2. The normalized spacial score (nSPS) is 10.6. The number of fused-ring (bicyclic) bond motifs is 1. The number of ether oxygens (including phenoxy) is 1. The van der Waals surface area contributed by atoms with E-state index in [4.69, 9.17) is 27.9 Å². The molecule has 16 heavy (non-hydrogen) atoms. The fourth-order valence-corrected chi connectivity index (χ4v) is 1.64. The lowest BCUT2D eigenvalue weighted by Gasteiger charge is -2.06. The first-order valence-electron chi connectivity index (χ1n) is 4.90. The first kappa shape index (κ1) is 11.4. The molecule has 84 valence electrons. The lowest BCUT2D eigenvalue weighted by Crippen LogP contribution is -1.97. The van der Waals surface area contributed by atoms with Gasteiger partial charge in [0.1, 0.15) is 17.2 Å². The van der Waals surface area contributed by atoms with E-state index in [1.165, 1.54) is 6.33 Å². The van der Waals surface area contributed by atoms with Gasteiger partial charge in [0.25, 0.3) is 0 Å². The molecule has 0 aliphatic carbocycles. The van der Waals surface area contributed by atoms with Crippen molar-refractivity contribution >= 4 is 34.1 Å². The van der Waals surface area contributed by atoms with E-state index >= 15 is 0 Å². The van der Waals surface area contributed by atoms with Gasteiger partial charge in [-0.05, 0) is 24.6 Å². The van der Waals surface area contributed by atoms with Crippen LogP contribution in [0.25, 0.3) is 10.9 Å². The summed E-state index contributed by atoms with van der Waals surface area (Å²) in [5, 5.41) is 1.24. The van der Waals surface area contributed by atoms with Crippen molar-refractivity contribution in [3.05, 3.63) is 29.7 Å². The fraction of sp³-hybridized carbons (Fsp3) is 0.273. The Hall–Kier alpha value is -1.06. The zero-order valence-electron chi connectivity index (χ0n) is 8.49. The zero-order valence-corrected chi connectivity index (χ0v) is 10.0. The Morgan fingerprint density at radius 2 is 2.12 bits per heavy atom. The van der Waals surface area contributed by atoms with E-state index in [0.717, 1.165) is 23.1 Å². The molecule has 0 bridgehead atoms. The minimum atomic E-state index is 0.438. The molecule has 0 unspecified atom stereocenters. The maximum Gasteiger partial charge on any atom is 0.140 e. The predicted octanol–water partition coefficient (Wildman–Crippen LogP) is 3.29. The average molecular weight is 257 g/mol. The Bertz CT molecular complexity index is 490. The number of alkyl halides is 1. The summed E-state index contributed by atoms with van der Waals surface area (Å²) in [6.07, 6.45) is 2.26. The molecule has 0 aliphatic rings. The molecule has 1 aromatic heterocycles. The minimum Gasteiger partial charge on any atom is -0.494 e. The quantitative estimate of drug-likeness (QED) is 0.479. The van der Waals surface area contributed by atoms with Crippen LogP contribution in [0.15, 0.2) is 24.5 Å². The molecule has 2 aromatic rings. The van der Waals surface area contributed by atoms with Crippen LogP contribution in [0.3, 0.4) is 0 Å². The maximum absolute atomic E-state index is 5.96. The van der Waals surface area contributed by atoms with Gasteiger partial charge < -0.3 is 4.74 Å². The van der Waals surface area contributed by atoms with Gasteiger partial charge in [-0.3, -0.25) is 0 Å². The molecule has 1 aromatic carbocycles. The van der Waals surface area contributed by atoms with Crippen LogP contribution >= 0.6 is 23.2 Å². The minimum absolute atomic E-state index is 0.438. The highest BCUT2D eigenvalue weighted by atomic mass is 35.5. The van der Waals surface area contributed by atoms with Crippen LogP contribution < -0.4 is 4.74 Å². The first-order valence-corrected chi connectivity index (χ1v) is 5.81. The smallest absolute Gasteiger partial charge is 0.140 e. The fourth-order valence-electron chi connectivity index (χ4n) is 1.34. The topological polar surface area (TPSA) is 35.0 Å². The highest BCUT2D eigenvalue weighted by Gasteiger charge is 2.02. The molecule has 0 fully saturated rings. The van der Waals surface area contributed by atoms with E-state index in [2.05, 4.69) is 9.97 Å². The SMILES string of the molecule is ClCCCOc1ccc2ncnc(Cl)c2c1. The molecule has 0 aliphatic heterocycles. The molecule has 5 heteroatoms. The highest BCUT2D eigenvalue weighted by Crippen LogP contribution is 2.24. The van der Waals surface area contributed by atoms with Crippen LogP contribution in [-0.2, 0) is 0 Å². The second-order valence-electron chi connectivity index (χ2n) is 3.23. The number of nitrogens with zero attached hydrogens (tertiary/aromatic N) is 2. The summed E-state index contributed by atoms with van der Waals surface area (Å²) in [6.45, 7) is 0.598. The Morgan fingerprint density at radius 1 is 1.25 bits per heavy atom. The molecule has 0 saturated carbocycles. The highest BCUT2D eigenvalue weighted by molar-refractivity contribution is 6.34. The Morgan fingerprint density at radius 3 is 2.94 bits per heavy atom. The van der Waals surface area contributed by atoms with E-state index < -0.39 is 0 Å². The number of hydrogen-bond acceptors (Lipinski definition) is 3. The average Bonchev–Trinajstić information content (AvgIpc) is 2.30. The number of hydrogen-bond donors (Lipinski definition) is 0. The Kier molecular flexibility index (Phi) is 3.80.